The molecule has 152 valence electrons. The van der Waals surface area contributed by atoms with Gasteiger partial charge in [-0.15, -0.1) is 0 Å². The van der Waals surface area contributed by atoms with Crippen molar-refractivity contribution in [2.75, 3.05) is 13.6 Å². The lowest BCUT2D eigenvalue weighted by Crippen LogP contribution is -2.26. The van der Waals surface area contributed by atoms with E-state index >= 15 is 0 Å². The van der Waals surface area contributed by atoms with E-state index in [9.17, 15) is 9.18 Å². The summed E-state index contributed by atoms with van der Waals surface area (Å²) in [5, 5.41) is 11.9. The molecule has 0 saturated heterocycles. The number of H-pyrrole nitrogens is 1. The second-order valence-corrected chi connectivity index (χ2v) is 7.80. The van der Waals surface area contributed by atoms with Gasteiger partial charge in [-0.05, 0) is 48.7 Å². The fourth-order valence-electron chi connectivity index (χ4n) is 4.17. The van der Waals surface area contributed by atoms with E-state index < -0.39 is 11.4 Å². The normalized spacial score (nSPS) is 14.2. The van der Waals surface area contributed by atoms with Gasteiger partial charge < -0.3 is 4.90 Å². The van der Waals surface area contributed by atoms with Gasteiger partial charge in [-0.3, -0.25) is 9.89 Å². The zero-order valence-electron chi connectivity index (χ0n) is 16.9. The average molecular weight is 403 g/mol. The highest BCUT2D eigenvalue weighted by atomic mass is 19.1. The number of fused-ring (bicyclic) bond motifs is 2. The molecule has 0 unspecified atom stereocenters. The van der Waals surface area contributed by atoms with Crippen molar-refractivity contribution in [1.29, 1.82) is 0 Å². The van der Waals surface area contributed by atoms with Crippen LogP contribution in [0.3, 0.4) is 0 Å². The first-order chi connectivity index (χ1) is 14.5. The number of nitrogens with one attached hydrogen (secondary N) is 1. The van der Waals surface area contributed by atoms with Crippen LogP contribution < -0.4 is 5.56 Å². The molecule has 1 aliphatic rings. The first kappa shape index (κ1) is 18.7. The molecule has 3 heterocycles. The summed E-state index contributed by atoms with van der Waals surface area (Å²) in [7, 11) is 2.11. The van der Waals surface area contributed by atoms with Crippen molar-refractivity contribution in [2.24, 2.45) is 0 Å². The van der Waals surface area contributed by atoms with Crippen LogP contribution in [0.2, 0.25) is 0 Å². The van der Waals surface area contributed by atoms with E-state index in [4.69, 9.17) is 0 Å². The Bertz CT molecular complexity index is 1320. The van der Waals surface area contributed by atoms with Gasteiger partial charge in [0.05, 0.1) is 5.52 Å². The maximum atomic E-state index is 14.6. The average Bonchev–Trinajstić information content (AvgIpc) is 3.15. The summed E-state index contributed by atoms with van der Waals surface area (Å²) < 4.78 is 15.8. The summed E-state index contributed by atoms with van der Waals surface area (Å²) in [6, 6.07) is 12.6. The number of para-hydroxylation sites is 1. The van der Waals surface area contributed by atoms with Gasteiger partial charge in [0.1, 0.15) is 22.7 Å². The molecule has 0 saturated carbocycles. The van der Waals surface area contributed by atoms with Gasteiger partial charge in [0.25, 0.3) is 5.56 Å². The van der Waals surface area contributed by atoms with E-state index in [1.165, 1.54) is 23.3 Å². The number of likely N-dealkylation sites (N-methyl/N-ethyl adjacent to an activating group) is 1. The summed E-state index contributed by atoms with van der Waals surface area (Å²) in [6.45, 7) is 3.86. The van der Waals surface area contributed by atoms with Crippen LogP contribution in [0.5, 0.6) is 0 Å². The smallest absolute Gasteiger partial charge is 0.273 e. The second-order valence-electron chi connectivity index (χ2n) is 7.80. The Balaban J connectivity index is 1.69. The molecule has 0 aliphatic carbocycles. The zero-order valence-corrected chi connectivity index (χ0v) is 16.9. The van der Waals surface area contributed by atoms with Crippen LogP contribution in [-0.2, 0) is 19.4 Å². The predicted octanol–water partition coefficient (Wildman–Crippen LogP) is 3.47. The molecule has 5 rings (SSSR count). The number of aryl methyl sites for hydroxylation is 1. The van der Waals surface area contributed by atoms with Crippen LogP contribution in [0.4, 0.5) is 4.39 Å². The van der Waals surface area contributed by atoms with E-state index in [-0.39, 0.29) is 5.69 Å². The molecule has 0 fully saturated rings. The third-order valence-corrected chi connectivity index (χ3v) is 5.79. The molecule has 0 radical (unpaired) electrons. The molecular weight excluding hydrogens is 381 g/mol. The molecule has 6 nitrogen and oxygen atoms in total. The van der Waals surface area contributed by atoms with E-state index in [0.717, 1.165) is 35.3 Å². The summed E-state index contributed by atoms with van der Waals surface area (Å²) in [6.07, 6.45) is 1.62. The Hall–Kier alpha value is -3.32. The van der Waals surface area contributed by atoms with E-state index in [1.807, 2.05) is 19.1 Å². The maximum absolute atomic E-state index is 14.6. The van der Waals surface area contributed by atoms with Gasteiger partial charge in [0, 0.05) is 24.7 Å². The van der Waals surface area contributed by atoms with Gasteiger partial charge in [-0.2, -0.15) is 14.9 Å². The Morgan fingerprint density at radius 1 is 1.17 bits per heavy atom. The lowest BCUT2D eigenvalue weighted by molar-refractivity contribution is 0.313. The fraction of sp³-hybridized carbons (Fsp3) is 0.261. The third-order valence-electron chi connectivity index (χ3n) is 5.79. The molecule has 0 bridgehead atoms. The Kier molecular flexibility index (Phi) is 4.47. The van der Waals surface area contributed by atoms with Crippen LogP contribution in [0.1, 0.15) is 23.6 Å². The van der Waals surface area contributed by atoms with Crippen LogP contribution in [-0.4, -0.2) is 38.5 Å². The Morgan fingerprint density at radius 3 is 2.87 bits per heavy atom. The van der Waals surface area contributed by atoms with E-state index in [0.29, 0.717) is 23.1 Å². The minimum atomic E-state index is -0.467. The number of rotatable bonds is 3. The Morgan fingerprint density at radius 2 is 2.03 bits per heavy atom. The van der Waals surface area contributed by atoms with Gasteiger partial charge >= 0.3 is 0 Å². The molecule has 0 atom stereocenters. The molecule has 1 aliphatic heterocycles. The fourth-order valence-corrected chi connectivity index (χ4v) is 4.17. The highest BCUT2D eigenvalue weighted by Crippen LogP contribution is 2.29. The molecule has 4 aromatic rings. The monoisotopic (exact) mass is 403 g/mol. The lowest BCUT2D eigenvalue weighted by atomic mass is 9.96. The summed E-state index contributed by atoms with van der Waals surface area (Å²) in [5.74, 6) is -0.467. The molecule has 2 aromatic carbocycles. The number of aromatic amines is 1. The van der Waals surface area contributed by atoms with Gasteiger partial charge in [-0.1, -0.05) is 31.2 Å². The highest BCUT2D eigenvalue weighted by Gasteiger charge is 2.19. The van der Waals surface area contributed by atoms with Crippen molar-refractivity contribution in [3.05, 3.63) is 75.3 Å². The van der Waals surface area contributed by atoms with Crippen LogP contribution >= 0.6 is 0 Å². The molecule has 2 aromatic heterocycles. The lowest BCUT2D eigenvalue weighted by Gasteiger charge is -2.25. The summed E-state index contributed by atoms with van der Waals surface area (Å²) >= 11 is 0. The second kappa shape index (κ2) is 7.18. The van der Waals surface area contributed by atoms with Crippen molar-refractivity contribution in [1.82, 2.24) is 24.9 Å². The third kappa shape index (κ3) is 3.02. The number of aromatic nitrogens is 4. The number of hydrogen-bond donors (Lipinski definition) is 1. The Labute approximate surface area is 173 Å². The number of nitrogens with zero attached hydrogens (tertiary/aromatic N) is 4. The van der Waals surface area contributed by atoms with Crippen LogP contribution in [0.25, 0.3) is 28.0 Å². The maximum Gasteiger partial charge on any atom is 0.273 e. The molecular formula is C23H22FN5O. The topological polar surface area (TPSA) is 66.8 Å². The first-order valence-electron chi connectivity index (χ1n) is 10.1. The molecule has 30 heavy (non-hydrogen) atoms. The van der Waals surface area contributed by atoms with Crippen LogP contribution in [0.15, 0.2) is 47.3 Å². The van der Waals surface area contributed by atoms with Gasteiger partial charge in [0.15, 0.2) is 0 Å². The van der Waals surface area contributed by atoms with Gasteiger partial charge in [0.2, 0.25) is 0 Å². The minimum absolute atomic E-state index is 0.200. The summed E-state index contributed by atoms with van der Waals surface area (Å²) in [4.78, 5) is 15.0. The van der Waals surface area contributed by atoms with Crippen molar-refractivity contribution >= 4 is 11.0 Å². The summed E-state index contributed by atoms with van der Waals surface area (Å²) in [5.41, 5.74) is 5.82. The predicted molar refractivity (Wildman–Crippen MR) is 114 cm³/mol. The number of halogens is 1. The van der Waals surface area contributed by atoms with Gasteiger partial charge in [-0.25, -0.2) is 4.39 Å². The van der Waals surface area contributed by atoms with Crippen molar-refractivity contribution in [3.63, 3.8) is 0 Å². The molecule has 0 amide bonds. The zero-order chi connectivity index (χ0) is 20.8. The first-order valence-corrected chi connectivity index (χ1v) is 10.1. The number of hydrogen-bond acceptors (Lipinski definition) is 4. The largest absolute Gasteiger partial charge is 0.302 e. The molecule has 1 N–H and O–H groups in total. The minimum Gasteiger partial charge on any atom is -0.302 e. The van der Waals surface area contributed by atoms with Crippen molar-refractivity contribution in [2.45, 2.75) is 26.3 Å². The quantitative estimate of drug-likeness (QED) is 0.569. The van der Waals surface area contributed by atoms with Crippen molar-refractivity contribution < 1.29 is 4.39 Å². The SMILES string of the molecule is CCc1cccc(F)c1-n1nc2c(-c3ccc4c(c3)CN(C)CC4)n[nH]c2cc1=O. The highest BCUT2D eigenvalue weighted by molar-refractivity contribution is 5.89. The standard InChI is InChI=1S/C23H22FN5O/c1-3-14-5-4-6-18(24)23(14)29-20(30)12-19-22(27-29)21(26-25-19)16-8-7-15-9-10-28(2)13-17(15)11-16/h4-8,11-12,25H,3,9-10,13H2,1-2H3. The van der Waals surface area contributed by atoms with E-state index in [2.05, 4.69) is 39.4 Å². The molecule has 7 heteroatoms. The number of benzene rings is 2. The van der Waals surface area contributed by atoms with Crippen molar-refractivity contribution in [3.8, 4) is 16.9 Å². The molecule has 0 spiro atoms. The van der Waals surface area contributed by atoms with E-state index in [1.54, 1.807) is 6.07 Å². The van der Waals surface area contributed by atoms with Crippen LogP contribution in [0, 0.1) is 5.82 Å².